The zero-order valence-electron chi connectivity index (χ0n) is 7.07. The summed E-state index contributed by atoms with van der Waals surface area (Å²) in [5, 5.41) is 10.6. The van der Waals surface area contributed by atoms with E-state index < -0.39 is 0 Å². The second-order valence-corrected chi connectivity index (χ2v) is 4.18. The first-order valence-corrected chi connectivity index (χ1v) is 6.86. The van der Waals surface area contributed by atoms with Crippen molar-refractivity contribution in [3.63, 3.8) is 0 Å². The molecule has 6 heteroatoms. The fourth-order valence-corrected chi connectivity index (χ4v) is 2.23. The first-order chi connectivity index (χ1) is 5.81. The molecule has 0 fully saturated rings. The van der Waals surface area contributed by atoms with Crippen molar-refractivity contribution < 1.29 is 0 Å². The van der Waals surface area contributed by atoms with Crippen molar-refractivity contribution in [1.82, 2.24) is 15.2 Å². The van der Waals surface area contributed by atoms with E-state index in [2.05, 4.69) is 15.2 Å². The molecule has 0 aromatic carbocycles. The molecule has 0 saturated carbocycles. The number of nitrogens with zero attached hydrogens (tertiary/aromatic N) is 3. The van der Waals surface area contributed by atoms with Crippen LogP contribution in [-0.4, -0.2) is 33.9 Å². The molecule has 0 aliphatic rings. The molecular formula is C6H9N3S3. The van der Waals surface area contributed by atoms with Gasteiger partial charge < -0.3 is 0 Å². The summed E-state index contributed by atoms with van der Waals surface area (Å²) in [6.07, 6.45) is 5.91. The van der Waals surface area contributed by atoms with Gasteiger partial charge in [-0.15, -0.1) is 33.7 Å². The largest absolute Gasteiger partial charge is 0.212 e. The maximum Gasteiger partial charge on any atom is 0.209 e. The first kappa shape index (κ1) is 10.1. The smallest absolute Gasteiger partial charge is 0.209 e. The molecule has 3 nitrogen and oxygen atoms in total. The van der Waals surface area contributed by atoms with E-state index in [1.54, 1.807) is 23.5 Å². The van der Waals surface area contributed by atoms with Crippen LogP contribution in [0.25, 0.3) is 0 Å². The zero-order valence-corrected chi connectivity index (χ0v) is 9.52. The average Bonchev–Trinajstić information content (AvgIpc) is 2.16. The van der Waals surface area contributed by atoms with Gasteiger partial charge in [0.1, 0.15) is 5.03 Å². The van der Waals surface area contributed by atoms with E-state index in [-0.39, 0.29) is 0 Å². The van der Waals surface area contributed by atoms with Crippen molar-refractivity contribution in [2.24, 2.45) is 0 Å². The van der Waals surface area contributed by atoms with Crippen LogP contribution in [0.15, 0.2) is 15.2 Å². The van der Waals surface area contributed by atoms with Gasteiger partial charge in [0.2, 0.25) is 5.16 Å². The third kappa shape index (κ3) is 2.27. The third-order valence-electron chi connectivity index (χ3n) is 1.18. The Bertz CT molecular complexity index is 266. The lowest BCUT2D eigenvalue weighted by Gasteiger charge is -2.01. The Morgan fingerprint density at radius 3 is 2.00 bits per heavy atom. The molecule has 0 radical (unpaired) electrons. The van der Waals surface area contributed by atoms with Gasteiger partial charge in [-0.3, -0.25) is 0 Å². The van der Waals surface area contributed by atoms with Crippen LogP contribution in [0.5, 0.6) is 0 Å². The molecule has 1 aromatic rings. The van der Waals surface area contributed by atoms with Crippen LogP contribution in [0.2, 0.25) is 0 Å². The van der Waals surface area contributed by atoms with E-state index >= 15 is 0 Å². The van der Waals surface area contributed by atoms with Crippen molar-refractivity contribution in [3.05, 3.63) is 0 Å². The second kappa shape index (κ2) is 4.94. The molecule has 0 atom stereocenters. The lowest BCUT2D eigenvalue weighted by atomic mass is 10.9. The van der Waals surface area contributed by atoms with Gasteiger partial charge in [0.15, 0.2) is 5.03 Å². The van der Waals surface area contributed by atoms with Crippen molar-refractivity contribution in [2.75, 3.05) is 18.8 Å². The van der Waals surface area contributed by atoms with Crippen LogP contribution in [0.4, 0.5) is 0 Å². The molecule has 0 amide bonds. The predicted octanol–water partition coefficient (Wildman–Crippen LogP) is 2.04. The highest BCUT2D eigenvalue weighted by atomic mass is 32.2. The molecule has 0 aliphatic heterocycles. The molecular weight excluding hydrogens is 210 g/mol. The van der Waals surface area contributed by atoms with Crippen LogP contribution >= 0.6 is 35.3 Å². The van der Waals surface area contributed by atoms with Crippen LogP contribution in [0.1, 0.15) is 0 Å². The van der Waals surface area contributed by atoms with Gasteiger partial charge in [-0.05, 0) is 18.8 Å². The van der Waals surface area contributed by atoms with E-state index in [0.717, 1.165) is 15.2 Å². The fraction of sp³-hybridized carbons (Fsp3) is 0.500. The molecule has 0 N–H and O–H groups in total. The molecule has 12 heavy (non-hydrogen) atoms. The van der Waals surface area contributed by atoms with E-state index in [1.807, 2.05) is 18.8 Å². The summed E-state index contributed by atoms with van der Waals surface area (Å²) in [7, 11) is 0. The summed E-state index contributed by atoms with van der Waals surface area (Å²) in [5.41, 5.74) is 0. The maximum atomic E-state index is 4.31. The van der Waals surface area contributed by atoms with Gasteiger partial charge in [-0.2, -0.15) is 0 Å². The zero-order chi connectivity index (χ0) is 8.97. The molecule has 0 bridgehead atoms. The minimum absolute atomic E-state index is 0.733. The van der Waals surface area contributed by atoms with Crippen molar-refractivity contribution in [3.8, 4) is 0 Å². The predicted molar refractivity (Wildman–Crippen MR) is 55.2 cm³/mol. The molecule has 66 valence electrons. The normalized spacial score (nSPS) is 10.2. The fourth-order valence-electron chi connectivity index (χ4n) is 0.636. The Morgan fingerprint density at radius 2 is 1.50 bits per heavy atom. The van der Waals surface area contributed by atoms with Gasteiger partial charge in [0, 0.05) is 0 Å². The van der Waals surface area contributed by atoms with Gasteiger partial charge >= 0.3 is 0 Å². The minimum Gasteiger partial charge on any atom is -0.212 e. The van der Waals surface area contributed by atoms with Gasteiger partial charge in [0.25, 0.3) is 0 Å². The van der Waals surface area contributed by atoms with Gasteiger partial charge in [-0.25, -0.2) is 4.98 Å². The van der Waals surface area contributed by atoms with E-state index in [4.69, 9.17) is 0 Å². The Labute approximate surface area is 84.5 Å². The lowest BCUT2D eigenvalue weighted by Crippen LogP contribution is -1.95. The van der Waals surface area contributed by atoms with Crippen molar-refractivity contribution in [1.29, 1.82) is 0 Å². The second-order valence-electron chi connectivity index (χ2n) is 1.82. The van der Waals surface area contributed by atoms with Crippen LogP contribution < -0.4 is 0 Å². The highest BCUT2D eigenvalue weighted by Crippen LogP contribution is 2.24. The lowest BCUT2D eigenvalue weighted by molar-refractivity contribution is 0.713. The van der Waals surface area contributed by atoms with Crippen molar-refractivity contribution >= 4 is 35.3 Å². The Morgan fingerprint density at radius 1 is 0.833 bits per heavy atom. The summed E-state index contributed by atoms with van der Waals surface area (Å²) in [6, 6.07) is 0. The highest BCUT2D eigenvalue weighted by molar-refractivity contribution is 8.01. The quantitative estimate of drug-likeness (QED) is 0.724. The van der Waals surface area contributed by atoms with Crippen LogP contribution in [0, 0.1) is 0 Å². The summed E-state index contributed by atoms with van der Waals surface area (Å²) >= 11 is 4.68. The minimum atomic E-state index is 0.733. The van der Waals surface area contributed by atoms with Crippen LogP contribution in [-0.2, 0) is 0 Å². The SMILES string of the molecule is CSc1nnc(SC)c(SC)n1. The molecule has 1 rings (SSSR count). The molecule has 1 heterocycles. The van der Waals surface area contributed by atoms with E-state index in [0.29, 0.717) is 0 Å². The number of hydrogen-bond acceptors (Lipinski definition) is 6. The molecule has 0 spiro atoms. The summed E-state index contributed by atoms with van der Waals surface area (Å²) < 4.78 is 0. The van der Waals surface area contributed by atoms with Crippen LogP contribution in [0.3, 0.4) is 0 Å². The highest BCUT2D eigenvalue weighted by Gasteiger charge is 2.05. The Kier molecular flexibility index (Phi) is 4.17. The first-order valence-electron chi connectivity index (χ1n) is 3.18. The maximum absolute atomic E-state index is 4.31. The van der Waals surface area contributed by atoms with Crippen molar-refractivity contribution in [2.45, 2.75) is 15.2 Å². The number of hydrogen-bond donors (Lipinski definition) is 0. The average molecular weight is 219 g/mol. The number of rotatable bonds is 3. The third-order valence-corrected chi connectivity index (χ3v) is 3.18. The molecule has 1 aromatic heterocycles. The number of aromatic nitrogens is 3. The van der Waals surface area contributed by atoms with Gasteiger partial charge in [-0.1, -0.05) is 11.8 Å². The molecule has 0 unspecified atom stereocenters. The van der Waals surface area contributed by atoms with Gasteiger partial charge in [0.05, 0.1) is 0 Å². The molecule has 0 saturated heterocycles. The van der Waals surface area contributed by atoms with E-state index in [1.165, 1.54) is 11.8 Å². The summed E-state index contributed by atoms with van der Waals surface area (Å²) in [6.45, 7) is 0. The molecule has 0 aliphatic carbocycles. The Hall–Kier alpha value is 0.0600. The standard InChI is InChI=1S/C6H9N3S3/c1-10-4-5(11-2)8-9-6(7-4)12-3/h1-3H3. The number of thioether (sulfide) groups is 3. The monoisotopic (exact) mass is 219 g/mol. The summed E-state index contributed by atoms with van der Waals surface area (Å²) in [4.78, 5) is 4.31. The summed E-state index contributed by atoms with van der Waals surface area (Å²) in [5.74, 6) is 0. The Balaban J connectivity index is 3.02. The van der Waals surface area contributed by atoms with E-state index in [9.17, 15) is 0 Å². The topological polar surface area (TPSA) is 38.7 Å².